The molecule has 1 spiro atoms. The van der Waals surface area contributed by atoms with E-state index in [9.17, 15) is 14.0 Å². The number of amides is 2. The van der Waals surface area contributed by atoms with Crippen molar-refractivity contribution in [2.24, 2.45) is 11.8 Å². The van der Waals surface area contributed by atoms with E-state index in [0.29, 0.717) is 25.2 Å². The molecule has 2 fully saturated rings. The number of carbonyl (C=O) groups excluding carboxylic acids is 2. The minimum atomic E-state index is -0.758. The number of anilines is 1. The number of rotatable bonds is 5. The fraction of sp³-hybridized carbons (Fsp3) is 0.280. The van der Waals surface area contributed by atoms with Gasteiger partial charge in [-0.25, -0.2) is 4.39 Å². The van der Waals surface area contributed by atoms with Gasteiger partial charge in [-0.1, -0.05) is 36.4 Å². The fourth-order valence-corrected chi connectivity index (χ4v) is 5.45. The number of nitrogens with zero attached hydrogens (tertiary/aromatic N) is 1. The zero-order valence-corrected chi connectivity index (χ0v) is 17.3. The Hall–Kier alpha value is -3.45. The molecule has 6 rings (SSSR count). The Labute approximate surface area is 184 Å². The highest BCUT2D eigenvalue weighted by molar-refractivity contribution is 5.99. The molecule has 0 saturated carbocycles. The van der Waals surface area contributed by atoms with Crippen LogP contribution in [0.2, 0.25) is 0 Å². The lowest BCUT2D eigenvalue weighted by atomic mass is 9.77. The van der Waals surface area contributed by atoms with Crippen molar-refractivity contribution < 1.29 is 18.7 Å². The number of hydrogen-bond acceptors (Lipinski definition) is 3. The van der Waals surface area contributed by atoms with Gasteiger partial charge in [0, 0.05) is 29.3 Å². The van der Waals surface area contributed by atoms with Crippen LogP contribution >= 0.6 is 0 Å². The first-order valence-corrected chi connectivity index (χ1v) is 10.8. The van der Waals surface area contributed by atoms with Gasteiger partial charge in [0.25, 0.3) is 0 Å². The summed E-state index contributed by atoms with van der Waals surface area (Å²) in [4.78, 5) is 31.5. The maximum Gasteiger partial charge on any atom is 0.231 e. The van der Waals surface area contributed by atoms with Crippen LogP contribution in [0.4, 0.5) is 10.1 Å². The van der Waals surface area contributed by atoms with E-state index < -0.39 is 29.4 Å². The van der Waals surface area contributed by atoms with Crippen molar-refractivity contribution >= 4 is 28.4 Å². The summed E-state index contributed by atoms with van der Waals surface area (Å²) in [7, 11) is 0. The lowest BCUT2D eigenvalue weighted by molar-refractivity contribution is -0.135. The quantitative estimate of drug-likeness (QED) is 0.609. The number of aromatic amines is 1. The Morgan fingerprint density at radius 2 is 2.12 bits per heavy atom. The Bertz CT molecular complexity index is 1270. The molecule has 162 valence electrons. The Morgan fingerprint density at radius 3 is 3.00 bits per heavy atom. The molecule has 0 radical (unpaired) electrons. The van der Waals surface area contributed by atoms with Gasteiger partial charge in [0.15, 0.2) is 0 Å². The van der Waals surface area contributed by atoms with Gasteiger partial charge in [-0.05, 0) is 36.2 Å². The molecular formula is C25H22FN3O3. The molecule has 3 unspecified atom stereocenters. The molecule has 2 amide bonds. The molecular weight excluding hydrogens is 409 g/mol. The van der Waals surface area contributed by atoms with Crippen molar-refractivity contribution in [2.75, 3.05) is 18.4 Å². The highest BCUT2D eigenvalue weighted by Crippen LogP contribution is 2.52. The monoisotopic (exact) mass is 431 g/mol. The molecule has 1 aromatic heterocycles. The highest BCUT2D eigenvalue weighted by atomic mass is 19.1. The Balaban J connectivity index is 1.20. The average Bonchev–Trinajstić information content (AvgIpc) is 3.52. The van der Waals surface area contributed by atoms with Crippen LogP contribution in [0.3, 0.4) is 0 Å². The zero-order valence-electron chi connectivity index (χ0n) is 17.3. The molecule has 2 N–H and O–H groups in total. The molecule has 3 aliphatic heterocycles. The van der Waals surface area contributed by atoms with Crippen LogP contribution in [0.15, 0.2) is 66.9 Å². The van der Waals surface area contributed by atoms with Crippen LogP contribution in [-0.4, -0.2) is 46.5 Å². The summed E-state index contributed by atoms with van der Waals surface area (Å²) in [6.45, 7) is 0.995. The van der Waals surface area contributed by atoms with Crippen molar-refractivity contribution in [3.63, 3.8) is 0 Å². The summed E-state index contributed by atoms with van der Waals surface area (Å²) in [6.07, 6.45) is 6.09. The minimum absolute atomic E-state index is 0.0592. The largest absolute Gasteiger partial charge is 0.361 e. The lowest BCUT2D eigenvalue weighted by Crippen LogP contribution is -2.41. The van der Waals surface area contributed by atoms with Crippen LogP contribution in [0.25, 0.3) is 10.9 Å². The van der Waals surface area contributed by atoms with Gasteiger partial charge >= 0.3 is 0 Å². The maximum absolute atomic E-state index is 13.5. The Kier molecular flexibility index (Phi) is 4.23. The average molecular weight is 431 g/mol. The standard InChI is InChI=1S/C25H22FN3O3/c26-16-4-3-5-17(12-16)28-23(30)21-20-8-10-25(32-20)14-29(24(31)22(21)25)11-9-15-13-27-19-7-2-1-6-18(15)19/h1-8,10,12-13,20-22,27H,9,11,14H2,(H,28,30)/t20?,21?,22?,25-/m1/s1. The fourth-order valence-electron chi connectivity index (χ4n) is 5.45. The molecule has 6 nitrogen and oxygen atoms in total. The summed E-state index contributed by atoms with van der Waals surface area (Å²) >= 11 is 0. The predicted molar refractivity (Wildman–Crippen MR) is 117 cm³/mol. The number of hydrogen-bond donors (Lipinski definition) is 2. The zero-order chi connectivity index (χ0) is 21.9. The first-order valence-electron chi connectivity index (χ1n) is 10.8. The number of para-hydroxylation sites is 1. The van der Waals surface area contributed by atoms with E-state index in [2.05, 4.69) is 16.4 Å². The number of halogens is 1. The van der Waals surface area contributed by atoms with Crippen molar-refractivity contribution in [2.45, 2.75) is 18.1 Å². The number of fused-ring (bicyclic) bond motifs is 2. The molecule has 4 heterocycles. The van der Waals surface area contributed by atoms with Gasteiger partial charge < -0.3 is 19.9 Å². The number of nitrogens with one attached hydrogen (secondary N) is 2. The number of carbonyl (C=O) groups is 2. The summed E-state index contributed by atoms with van der Waals surface area (Å²) < 4.78 is 19.7. The van der Waals surface area contributed by atoms with Crippen LogP contribution in [-0.2, 0) is 20.7 Å². The minimum Gasteiger partial charge on any atom is -0.361 e. The van der Waals surface area contributed by atoms with E-state index >= 15 is 0 Å². The molecule has 0 aliphatic carbocycles. The number of ether oxygens (including phenoxy) is 1. The third-order valence-electron chi connectivity index (χ3n) is 6.90. The van der Waals surface area contributed by atoms with Crippen molar-refractivity contribution in [1.82, 2.24) is 9.88 Å². The molecule has 7 heteroatoms. The van der Waals surface area contributed by atoms with Crippen LogP contribution in [0.5, 0.6) is 0 Å². The maximum atomic E-state index is 13.5. The first-order chi connectivity index (χ1) is 15.5. The van der Waals surface area contributed by atoms with Gasteiger partial charge in [-0.3, -0.25) is 9.59 Å². The van der Waals surface area contributed by atoms with Crippen molar-refractivity contribution in [3.8, 4) is 0 Å². The van der Waals surface area contributed by atoms with Crippen molar-refractivity contribution in [3.05, 3.63) is 78.3 Å². The van der Waals surface area contributed by atoms with Crippen LogP contribution in [0, 0.1) is 17.7 Å². The van der Waals surface area contributed by atoms with E-state index in [1.807, 2.05) is 36.5 Å². The Morgan fingerprint density at radius 1 is 1.25 bits per heavy atom. The number of aromatic nitrogens is 1. The highest BCUT2D eigenvalue weighted by Gasteiger charge is 2.66. The predicted octanol–water partition coefficient (Wildman–Crippen LogP) is 3.27. The summed E-state index contributed by atoms with van der Waals surface area (Å²) in [5.41, 5.74) is 1.84. The topological polar surface area (TPSA) is 74.4 Å². The number of likely N-dealkylation sites (tertiary alicyclic amines) is 1. The first kappa shape index (κ1) is 19.3. The molecule has 3 aliphatic rings. The molecule has 3 aromatic rings. The SMILES string of the molecule is O=C(Nc1cccc(F)c1)C1C2C=C[C@]3(CN(CCc4c[nH]c5ccccc45)C(=O)C13)O2. The van der Waals surface area contributed by atoms with E-state index in [-0.39, 0.29) is 11.8 Å². The molecule has 32 heavy (non-hydrogen) atoms. The molecule has 2 bridgehead atoms. The van der Waals surface area contributed by atoms with Crippen LogP contribution < -0.4 is 5.32 Å². The molecule has 4 atom stereocenters. The molecule has 2 aromatic carbocycles. The third kappa shape index (κ3) is 2.88. The normalized spacial score (nSPS) is 28.0. The second kappa shape index (κ2) is 7.03. The van der Waals surface area contributed by atoms with E-state index in [4.69, 9.17) is 4.74 Å². The van der Waals surface area contributed by atoms with Gasteiger partial charge in [0.1, 0.15) is 11.4 Å². The van der Waals surface area contributed by atoms with E-state index in [1.54, 1.807) is 11.0 Å². The third-order valence-corrected chi connectivity index (χ3v) is 6.90. The molecule has 2 saturated heterocycles. The summed E-state index contributed by atoms with van der Waals surface area (Å²) in [6, 6.07) is 13.8. The van der Waals surface area contributed by atoms with E-state index in [0.717, 1.165) is 16.5 Å². The van der Waals surface area contributed by atoms with E-state index in [1.165, 1.54) is 18.2 Å². The lowest BCUT2D eigenvalue weighted by Gasteiger charge is -2.23. The second-order valence-corrected chi connectivity index (χ2v) is 8.77. The van der Waals surface area contributed by atoms with Gasteiger partial charge in [-0.15, -0.1) is 0 Å². The van der Waals surface area contributed by atoms with Gasteiger partial charge in [0.2, 0.25) is 11.8 Å². The smallest absolute Gasteiger partial charge is 0.231 e. The van der Waals surface area contributed by atoms with Crippen LogP contribution in [0.1, 0.15) is 5.56 Å². The second-order valence-electron chi connectivity index (χ2n) is 8.77. The van der Waals surface area contributed by atoms with Crippen molar-refractivity contribution in [1.29, 1.82) is 0 Å². The summed E-state index contributed by atoms with van der Waals surface area (Å²) in [5, 5.41) is 3.92. The van der Waals surface area contributed by atoms with Gasteiger partial charge in [0.05, 0.1) is 24.5 Å². The van der Waals surface area contributed by atoms with Gasteiger partial charge in [-0.2, -0.15) is 0 Å². The summed E-state index contributed by atoms with van der Waals surface area (Å²) in [5.74, 6) is -1.99. The number of H-pyrrole nitrogens is 1. The number of benzene rings is 2.